The zero-order chi connectivity index (χ0) is 12.8. The molecule has 1 heterocycles. The molecule has 3 heteroatoms. The SMILES string of the molecule is Cc1ccc(CN[C@@H](CO)Cc2ccccc2)s1. The largest absolute Gasteiger partial charge is 0.395 e. The first kappa shape index (κ1) is 13.3. The summed E-state index contributed by atoms with van der Waals surface area (Å²) in [5, 5.41) is 12.8. The van der Waals surface area contributed by atoms with Gasteiger partial charge in [-0.15, -0.1) is 11.3 Å². The Kier molecular flexibility index (Phi) is 4.93. The van der Waals surface area contributed by atoms with E-state index >= 15 is 0 Å². The number of hydrogen-bond acceptors (Lipinski definition) is 3. The molecule has 2 N–H and O–H groups in total. The van der Waals surface area contributed by atoms with Crippen molar-refractivity contribution >= 4 is 11.3 Å². The van der Waals surface area contributed by atoms with Gasteiger partial charge in [0.25, 0.3) is 0 Å². The minimum atomic E-state index is 0.120. The van der Waals surface area contributed by atoms with Crippen LogP contribution in [0.25, 0.3) is 0 Å². The average Bonchev–Trinajstić information content (AvgIpc) is 2.81. The molecule has 2 rings (SSSR count). The van der Waals surface area contributed by atoms with Crippen molar-refractivity contribution in [3.05, 3.63) is 57.8 Å². The van der Waals surface area contributed by atoms with Crippen molar-refractivity contribution in [2.24, 2.45) is 0 Å². The number of thiophene rings is 1. The monoisotopic (exact) mass is 261 g/mol. The van der Waals surface area contributed by atoms with Gasteiger partial charge < -0.3 is 10.4 Å². The van der Waals surface area contributed by atoms with Gasteiger partial charge in [0.1, 0.15) is 0 Å². The minimum Gasteiger partial charge on any atom is -0.395 e. The zero-order valence-corrected chi connectivity index (χ0v) is 11.4. The fourth-order valence-corrected chi connectivity index (χ4v) is 2.77. The lowest BCUT2D eigenvalue weighted by Crippen LogP contribution is -2.33. The van der Waals surface area contributed by atoms with Crippen molar-refractivity contribution < 1.29 is 5.11 Å². The summed E-state index contributed by atoms with van der Waals surface area (Å²) >= 11 is 1.80. The number of aryl methyl sites for hydroxylation is 1. The predicted octanol–water partition coefficient (Wildman–Crippen LogP) is 2.75. The highest BCUT2D eigenvalue weighted by Crippen LogP contribution is 2.15. The maximum Gasteiger partial charge on any atom is 0.0587 e. The summed E-state index contributed by atoms with van der Waals surface area (Å²) in [7, 11) is 0. The van der Waals surface area contributed by atoms with E-state index in [2.05, 4.69) is 36.5 Å². The number of aliphatic hydroxyl groups is 1. The van der Waals surface area contributed by atoms with Gasteiger partial charge in [-0.05, 0) is 31.0 Å². The summed E-state index contributed by atoms with van der Waals surface area (Å²) in [5.41, 5.74) is 1.26. The van der Waals surface area contributed by atoms with E-state index in [1.807, 2.05) is 18.2 Å². The van der Waals surface area contributed by atoms with Gasteiger partial charge in [-0.1, -0.05) is 30.3 Å². The van der Waals surface area contributed by atoms with Crippen molar-refractivity contribution in [3.8, 4) is 0 Å². The summed E-state index contributed by atoms with van der Waals surface area (Å²) < 4.78 is 0. The van der Waals surface area contributed by atoms with Crippen LogP contribution < -0.4 is 5.32 Å². The van der Waals surface area contributed by atoms with Gasteiger partial charge in [-0.2, -0.15) is 0 Å². The molecule has 1 atom stereocenters. The van der Waals surface area contributed by atoms with Crippen LogP contribution in [-0.4, -0.2) is 17.8 Å². The quantitative estimate of drug-likeness (QED) is 0.838. The maximum atomic E-state index is 9.41. The lowest BCUT2D eigenvalue weighted by molar-refractivity contribution is 0.241. The molecule has 0 aliphatic heterocycles. The van der Waals surface area contributed by atoms with Gasteiger partial charge >= 0.3 is 0 Å². The molecule has 0 amide bonds. The number of benzene rings is 1. The number of rotatable bonds is 6. The molecule has 18 heavy (non-hydrogen) atoms. The molecule has 96 valence electrons. The molecule has 2 nitrogen and oxygen atoms in total. The Morgan fingerprint density at radius 3 is 2.56 bits per heavy atom. The van der Waals surface area contributed by atoms with E-state index in [4.69, 9.17) is 0 Å². The normalized spacial score (nSPS) is 12.6. The summed E-state index contributed by atoms with van der Waals surface area (Å²) in [6.07, 6.45) is 0.863. The van der Waals surface area contributed by atoms with Crippen molar-refractivity contribution in [1.82, 2.24) is 5.32 Å². The van der Waals surface area contributed by atoms with Gasteiger partial charge in [0.2, 0.25) is 0 Å². The second-order valence-electron chi connectivity index (χ2n) is 4.46. The molecule has 0 bridgehead atoms. The minimum absolute atomic E-state index is 0.120. The first-order chi connectivity index (χ1) is 8.78. The fraction of sp³-hybridized carbons (Fsp3) is 0.333. The average molecular weight is 261 g/mol. The number of aliphatic hydroxyl groups excluding tert-OH is 1. The van der Waals surface area contributed by atoms with Gasteiger partial charge in [-0.25, -0.2) is 0 Å². The van der Waals surface area contributed by atoms with E-state index in [9.17, 15) is 5.11 Å². The van der Waals surface area contributed by atoms with E-state index in [1.54, 1.807) is 11.3 Å². The predicted molar refractivity (Wildman–Crippen MR) is 76.9 cm³/mol. The van der Waals surface area contributed by atoms with Crippen LogP contribution in [-0.2, 0) is 13.0 Å². The molecule has 2 aromatic rings. The molecule has 1 aromatic carbocycles. The Labute approximate surface area is 112 Å². The van der Waals surface area contributed by atoms with Crippen LogP contribution >= 0.6 is 11.3 Å². The van der Waals surface area contributed by atoms with Crippen LogP contribution in [0.1, 0.15) is 15.3 Å². The van der Waals surface area contributed by atoms with Gasteiger partial charge in [0.15, 0.2) is 0 Å². The first-order valence-corrected chi connectivity index (χ1v) is 7.03. The molecule has 0 unspecified atom stereocenters. The second kappa shape index (κ2) is 6.69. The lowest BCUT2D eigenvalue weighted by Gasteiger charge is -2.15. The highest BCUT2D eigenvalue weighted by Gasteiger charge is 2.08. The summed E-state index contributed by atoms with van der Waals surface area (Å²) in [4.78, 5) is 2.65. The van der Waals surface area contributed by atoms with E-state index in [-0.39, 0.29) is 12.6 Å². The molecular weight excluding hydrogens is 242 g/mol. The van der Waals surface area contributed by atoms with Crippen molar-refractivity contribution in [2.45, 2.75) is 25.9 Å². The molecule has 0 saturated carbocycles. The van der Waals surface area contributed by atoms with E-state index < -0.39 is 0 Å². The Bertz CT molecular complexity index is 466. The molecule has 1 aromatic heterocycles. The summed E-state index contributed by atoms with van der Waals surface area (Å²) in [6, 6.07) is 14.7. The Morgan fingerprint density at radius 2 is 1.94 bits per heavy atom. The Balaban J connectivity index is 1.86. The fourth-order valence-electron chi connectivity index (χ4n) is 1.92. The summed E-state index contributed by atoms with van der Waals surface area (Å²) in [6.45, 7) is 3.11. The standard InChI is InChI=1S/C15H19NOS/c1-12-7-8-15(18-12)10-16-14(11-17)9-13-5-3-2-4-6-13/h2-8,14,16-17H,9-11H2,1H3/t14-/m1/s1. The van der Waals surface area contributed by atoms with Crippen molar-refractivity contribution in [1.29, 1.82) is 0 Å². The van der Waals surface area contributed by atoms with Crippen LogP contribution in [0.3, 0.4) is 0 Å². The molecule has 0 spiro atoms. The Hall–Kier alpha value is -1.16. The first-order valence-electron chi connectivity index (χ1n) is 6.21. The molecule has 0 radical (unpaired) electrons. The highest BCUT2D eigenvalue weighted by molar-refractivity contribution is 7.11. The molecule has 0 fully saturated rings. The number of nitrogens with one attached hydrogen (secondary N) is 1. The van der Waals surface area contributed by atoms with E-state index in [0.717, 1.165) is 13.0 Å². The third kappa shape index (κ3) is 3.95. The van der Waals surface area contributed by atoms with Crippen LogP contribution in [0.2, 0.25) is 0 Å². The zero-order valence-electron chi connectivity index (χ0n) is 10.6. The molecule has 0 saturated heterocycles. The molecular formula is C15H19NOS. The van der Waals surface area contributed by atoms with Crippen LogP contribution in [0.4, 0.5) is 0 Å². The van der Waals surface area contributed by atoms with Crippen molar-refractivity contribution in [2.75, 3.05) is 6.61 Å². The van der Waals surface area contributed by atoms with E-state index in [0.29, 0.717) is 0 Å². The third-order valence-electron chi connectivity index (χ3n) is 2.91. The van der Waals surface area contributed by atoms with Gasteiger partial charge in [0.05, 0.1) is 6.61 Å². The van der Waals surface area contributed by atoms with E-state index in [1.165, 1.54) is 15.3 Å². The van der Waals surface area contributed by atoms with Crippen LogP contribution in [0, 0.1) is 6.92 Å². The smallest absolute Gasteiger partial charge is 0.0587 e. The second-order valence-corrected chi connectivity index (χ2v) is 5.83. The van der Waals surface area contributed by atoms with Crippen LogP contribution in [0.15, 0.2) is 42.5 Å². The Morgan fingerprint density at radius 1 is 1.17 bits per heavy atom. The van der Waals surface area contributed by atoms with Gasteiger partial charge in [-0.3, -0.25) is 0 Å². The third-order valence-corrected chi connectivity index (χ3v) is 3.91. The van der Waals surface area contributed by atoms with Crippen molar-refractivity contribution in [3.63, 3.8) is 0 Å². The molecule has 0 aliphatic rings. The molecule has 0 aliphatic carbocycles. The summed E-state index contributed by atoms with van der Waals surface area (Å²) in [5.74, 6) is 0. The van der Waals surface area contributed by atoms with Crippen LogP contribution in [0.5, 0.6) is 0 Å². The maximum absolute atomic E-state index is 9.41. The highest BCUT2D eigenvalue weighted by atomic mass is 32.1. The number of hydrogen-bond donors (Lipinski definition) is 2. The van der Waals surface area contributed by atoms with Gasteiger partial charge in [0, 0.05) is 22.3 Å². The lowest BCUT2D eigenvalue weighted by atomic mass is 10.1. The topological polar surface area (TPSA) is 32.3 Å².